The lowest BCUT2D eigenvalue weighted by atomic mass is 10.0. The Bertz CT molecular complexity index is 1250. The second kappa shape index (κ2) is 8.40. The van der Waals surface area contributed by atoms with E-state index in [1.165, 1.54) is 6.07 Å². The zero-order valence-corrected chi connectivity index (χ0v) is 18.1. The first-order chi connectivity index (χ1) is 15.9. The molecule has 2 atom stereocenters. The standard InChI is InChI=1S/C24H19F3N4OS/c25-24(26,27)16-6-3-7-17(14-16)30-12-4-10-20(30)22-21(19-9-1-2-11-28-19)29-23(33)31(22)15-18-8-5-13-32-18/h1-14,21-22H,15H2,(H,29,33)/t21-,22+/m0/s1. The number of halogens is 3. The Kier molecular flexibility index (Phi) is 5.41. The van der Waals surface area contributed by atoms with Crippen LogP contribution in [0.15, 0.2) is 89.8 Å². The summed E-state index contributed by atoms with van der Waals surface area (Å²) in [5.41, 5.74) is 1.28. The normalized spacial score (nSPS) is 18.5. The number of pyridine rings is 1. The average molecular weight is 469 g/mol. The first-order valence-corrected chi connectivity index (χ1v) is 10.7. The first kappa shape index (κ1) is 21.3. The predicted octanol–water partition coefficient (Wildman–Crippen LogP) is 5.66. The Balaban J connectivity index is 1.60. The van der Waals surface area contributed by atoms with Gasteiger partial charge in [0.2, 0.25) is 0 Å². The summed E-state index contributed by atoms with van der Waals surface area (Å²) in [7, 11) is 0. The minimum Gasteiger partial charge on any atom is -0.467 e. The van der Waals surface area contributed by atoms with Gasteiger partial charge in [0, 0.05) is 23.8 Å². The van der Waals surface area contributed by atoms with Crippen LogP contribution in [0.2, 0.25) is 0 Å². The fourth-order valence-corrected chi connectivity index (χ4v) is 4.48. The number of furan rings is 1. The fourth-order valence-electron chi connectivity index (χ4n) is 4.17. The van der Waals surface area contributed by atoms with E-state index >= 15 is 0 Å². The molecule has 0 unspecified atom stereocenters. The van der Waals surface area contributed by atoms with E-state index in [0.717, 1.165) is 29.3 Å². The molecule has 0 bridgehead atoms. The van der Waals surface area contributed by atoms with Crippen molar-refractivity contribution in [3.63, 3.8) is 0 Å². The molecule has 1 aliphatic rings. The number of aromatic nitrogens is 2. The fraction of sp³-hybridized carbons (Fsp3) is 0.167. The number of thiocarbonyl (C=S) groups is 1. The summed E-state index contributed by atoms with van der Waals surface area (Å²) in [5, 5.41) is 3.86. The van der Waals surface area contributed by atoms with Crippen molar-refractivity contribution in [3.8, 4) is 5.69 Å². The summed E-state index contributed by atoms with van der Waals surface area (Å²) >= 11 is 5.66. The van der Waals surface area contributed by atoms with E-state index in [1.54, 1.807) is 35.4 Å². The lowest BCUT2D eigenvalue weighted by Gasteiger charge is -2.28. The minimum atomic E-state index is -4.43. The Morgan fingerprint density at radius 2 is 1.91 bits per heavy atom. The summed E-state index contributed by atoms with van der Waals surface area (Å²) in [6, 6.07) is 17.7. The molecule has 3 aromatic heterocycles. The number of nitrogens with zero attached hydrogens (tertiary/aromatic N) is 3. The van der Waals surface area contributed by atoms with Gasteiger partial charge in [0.05, 0.1) is 36.1 Å². The highest BCUT2D eigenvalue weighted by Gasteiger charge is 2.41. The number of rotatable bonds is 5. The molecule has 1 N–H and O–H groups in total. The van der Waals surface area contributed by atoms with Gasteiger partial charge < -0.3 is 19.2 Å². The number of benzene rings is 1. The second-order valence-corrected chi connectivity index (χ2v) is 8.07. The van der Waals surface area contributed by atoms with Crippen molar-refractivity contribution in [1.29, 1.82) is 0 Å². The molecule has 0 amide bonds. The highest BCUT2D eigenvalue weighted by molar-refractivity contribution is 7.80. The van der Waals surface area contributed by atoms with E-state index in [1.807, 2.05) is 41.3 Å². The largest absolute Gasteiger partial charge is 0.467 e. The van der Waals surface area contributed by atoms with Gasteiger partial charge in [-0.1, -0.05) is 12.1 Å². The zero-order chi connectivity index (χ0) is 23.0. The summed E-state index contributed by atoms with van der Waals surface area (Å²) in [6.07, 6.45) is 0.630. The van der Waals surface area contributed by atoms with Crippen LogP contribution in [0.3, 0.4) is 0 Å². The molecule has 1 aliphatic heterocycles. The molecule has 0 radical (unpaired) electrons. The third kappa shape index (κ3) is 4.11. The van der Waals surface area contributed by atoms with E-state index in [9.17, 15) is 13.2 Å². The van der Waals surface area contributed by atoms with Crippen LogP contribution < -0.4 is 5.32 Å². The van der Waals surface area contributed by atoms with Crippen molar-refractivity contribution in [2.75, 3.05) is 0 Å². The Morgan fingerprint density at radius 1 is 1.03 bits per heavy atom. The van der Waals surface area contributed by atoms with Gasteiger partial charge in [0.25, 0.3) is 0 Å². The maximum Gasteiger partial charge on any atom is 0.416 e. The van der Waals surface area contributed by atoms with E-state index in [-0.39, 0.29) is 12.1 Å². The van der Waals surface area contributed by atoms with E-state index in [4.69, 9.17) is 16.6 Å². The topological polar surface area (TPSA) is 46.2 Å². The van der Waals surface area contributed by atoms with Gasteiger partial charge in [-0.2, -0.15) is 13.2 Å². The van der Waals surface area contributed by atoms with Gasteiger partial charge >= 0.3 is 6.18 Å². The van der Waals surface area contributed by atoms with Crippen molar-refractivity contribution in [2.24, 2.45) is 0 Å². The van der Waals surface area contributed by atoms with Crippen molar-refractivity contribution in [3.05, 3.63) is 108 Å². The highest BCUT2D eigenvalue weighted by Crippen LogP contribution is 2.41. The Labute approximate surface area is 193 Å². The summed E-state index contributed by atoms with van der Waals surface area (Å²) < 4.78 is 47.4. The third-order valence-corrected chi connectivity index (χ3v) is 5.99. The molecule has 33 heavy (non-hydrogen) atoms. The van der Waals surface area contributed by atoms with Gasteiger partial charge in [-0.15, -0.1) is 0 Å². The van der Waals surface area contributed by atoms with Crippen molar-refractivity contribution >= 4 is 17.3 Å². The number of nitrogens with one attached hydrogen (secondary N) is 1. The van der Waals surface area contributed by atoms with Crippen LogP contribution in [0.1, 0.15) is 34.8 Å². The van der Waals surface area contributed by atoms with Gasteiger partial charge in [-0.3, -0.25) is 4.98 Å². The zero-order valence-electron chi connectivity index (χ0n) is 17.2. The molecule has 4 heterocycles. The van der Waals surface area contributed by atoms with Crippen molar-refractivity contribution < 1.29 is 17.6 Å². The third-order valence-electron chi connectivity index (χ3n) is 5.64. The average Bonchev–Trinajstić information content (AvgIpc) is 3.55. The molecule has 1 aromatic carbocycles. The van der Waals surface area contributed by atoms with E-state index in [2.05, 4.69) is 10.3 Å². The summed E-state index contributed by atoms with van der Waals surface area (Å²) in [4.78, 5) is 6.48. The van der Waals surface area contributed by atoms with Crippen LogP contribution in [0, 0.1) is 0 Å². The molecular weight excluding hydrogens is 449 g/mol. The van der Waals surface area contributed by atoms with Crippen LogP contribution >= 0.6 is 12.2 Å². The molecular formula is C24H19F3N4OS. The number of hydrogen-bond acceptors (Lipinski definition) is 3. The molecule has 5 nitrogen and oxygen atoms in total. The highest BCUT2D eigenvalue weighted by atomic mass is 32.1. The maximum absolute atomic E-state index is 13.4. The predicted molar refractivity (Wildman–Crippen MR) is 120 cm³/mol. The van der Waals surface area contributed by atoms with Crippen LogP contribution in [0.5, 0.6) is 0 Å². The first-order valence-electron chi connectivity index (χ1n) is 10.3. The molecule has 0 saturated carbocycles. The quantitative estimate of drug-likeness (QED) is 0.383. The lowest BCUT2D eigenvalue weighted by Crippen LogP contribution is -2.29. The van der Waals surface area contributed by atoms with Crippen molar-refractivity contribution in [1.82, 2.24) is 19.8 Å². The molecule has 1 saturated heterocycles. The van der Waals surface area contributed by atoms with Gasteiger partial charge in [0.1, 0.15) is 5.76 Å². The number of hydrogen-bond donors (Lipinski definition) is 1. The Hall–Kier alpha value is -3.59. The molecule has 5 rings (SSSR count). The minimum absolute atomic E-state index is 0.298. The van der Waals surface area contributed by atoms with E-state index < -0.39 is 11.7 Å². The monoisotopic (exact) mass is 468 g/mol. The van der Waals surface area contributed by atoms with E-state index in [0.29, 0.717) is 17.3 Å². The molecule has 168 valence electrons. The Morgan fingerprint density at radius 3 is 2.64 bits per heavy atom. The van der Waals surface area contributed by atoms with Crippen LogP contribution in [0.25, 0.3) is 5.69 Å². The van der Waals surface area contributed by atoms with Gasteiger partial charge in [0.15, 0.2) is 5.11 Å². The van der Waals surface area contributed by atoms with Gasteiger partial charge in [-0.25, -0.2) is 0 Å². The molecule has 0 aliphatic carbocycles. The molecule has 0 spiro atoms. The van der Waals surface area contributed by atoms with Crippen LogP contribution in [-0.4, -0.2) is 19.6 Å². The number of alkyl halides is 3. The van der Waals surface area contributed by atoms with Crippen LogP contribution in [-0.2, 0) is 12.7 Å². The van der Waals surface area contributed by atoms with Gasteiger partial charge in [-0.05, 0) is 66.8 Å². The SMILES string of the molecule is FC(F)(F)c1cccc(-n2cccc2[C@@H]2[C@H](c3ccccn3)NC(=S)N2Cc2ccco2)c1. The second-order valence-electron chi connectivity index (χ2n) is 7.69. The molecule has 4 aromatic rings. The molecule has 9 heteroatoms. The smallest absolute Gasteiger partial charge is 0.416 e. The molecule has 1 fully saturated rings. The van der Waals surface area contributed by atoms with Crippen molar-refractivity contribution in [2.45, 2.75) is 24.8 Å². The maximum atomic E-state index is 13.4. The lowest BCUT2D eigenvalue weighted by molar-refractivity contribution is -0.137. The summed E-state index contributed by atoms with van der Waals surface area (Å²) in [5.74, 6) is 0.725. The van der Waals surface area contributed by atoms with Crippen LogP contribution in [0.4, 0.5) is 13.2 Å². The summed E-state index contributed by atoms with van der Waals surface area (Å²) in [6.45, 7) is 0.403.